The highest BCUT2D eigenvalue weighted by molar-refractivity contribution is 6.77. The van der Waals surface area contributed by atoms with Crippen molar-refractivity contribution in [3.63, 3.8) is 0 Å². The molecule has 1 saturated heterocycles. The topological polar surface area (TPSA) is 42.0 Å². The lowest BCUT2D eigenvalue weighted by molar-refractivity contribution is 0.0455. The second-order valence-corrected chi connectivity index (χ2v) is 12.8. The van der Waals surface area contributed by atoms with Crippen LogP contribution in [0.4, 0.5) is 0 Å². The van der Waals surface area contributed by atoms with Gasteiger partial charge in [-0.1, -0.05) is 48.5 Å². The van der Waals surface area contributed by atoms with Gasteiger partial charge in [-0.15, -0.1) is 0 Å². The van der Waals surface area contributed by atoms with Crippen LogP contribution in [0.15, 0.2) is 0 Å². The second-order valence-electron chi connectivity index (χ2n) is 7.36. The Labute approximate surface area is 126 Å². The maximum absolute atomic E-state index is 10.4. The Morgan fingerprint density at radius 1 is 1.00 bits per heavy atom. The summed E-state index contributed by atoms with van der Waals surface area (Å²) in [4.78, 5) is 0. The molecule has 4 heteroatoms. The standard InChI is InChI=1S/C16H34O3Si/c1-10(2)20(11(3)4,12(5)6)18-9-15(17)13(7)16-14(8)19-16/h10-17H,9H2,1-8H3/t13-,14+,15+,16+/m1/s1. The van der Waals surface area contributed by atoms with Gasteiger partial charge in [0.25, 0.3) is 0 Å². The van der Waals surface area contributed by atoms with E-state index < -0.39 is 14.4 Å². The highest BCUT2D eigenvalue weighted by atomic mass is 28.4. The Morgan fingerprint density at radius 3 is 1.70 bits per heavy atom. The van der Waals surface area contributed by atoms with Crippen LogP contribution in [-0.2, 0) is 9.16 Å². The van der Waals surface area contributed by atoms with Gasteiger partial charge in [0, 0.05) is 5.92 Å². The van der Waals surface area contributed by atoms with Gasteiger partial charge in [0.1, 0.15) is 0 Å². The molecule has 1 aliphatic heterocycles. The SMILES string of the molecule is CC(C)[Si](OC[C@H](O)[C@@H](C)[C@@H]1O[C@H]1C)(C(C)C)C(C)C. The zero-order chi connectivity index (χ0) is 15.7. The quantitative estimate of drug-likeness (QED) is 0.545. The predicted molar refractivity (Wildman–Crippen MR) is 86.5 cm³/mol. The first-order chi connectivity index (χ1) is 9.14. The van der Waals surface area contributed by atoms with E-state index in [-0.39, 0.29) is 12.0 Å². The maximum Gasteiger partial charge on any atom is 0.200 e. The zero-order valence-electron chi connectivity index (χ0n) is 14.5. The summed E-state index contributed by atoms with van der Waals surface area (Å²) < 4.78 is 11.9. The van der Waals surface area contributed by atoms with Gasteiger partial charge >= 0.3 is 0 Å². The fourth-order valence-electron chi connectivity index (χ4n) is 3.85. The van der Waals surface area contributed by atoms with Crippen LogP contribution in [0.25, 0.3) is 0 Å². The molecule has 0 saturated carbocycles. The van der Waals surface area contributed by atoms with E-state index in [1.165, 1.54) is 0 Å². The summed E-state index contributed by atoms with van der Waals surface area (Å²) in [5, 5.41) is 10.4. The van der Waals surface area contributed by atoms with Crippen LogP contribution in [-0.4, -0.2) is 38.3 Å². The third-order valence-corrected chi connectivity index (χ3v) is 11.2. The van der Waals surface area contributed by atoms with Crippen LogP contribution in [0.5, 0.6) is 0 Å². The van der Waals surface area contributed by atoms with Crippen molar-refractivity contribution < 1.29 is 14.3 Å². The summed E-state index contributed by atoms with van der Waals surface area (Å²) in [5.41, 5.74) is 1.67. The molecule has 1 aliphatic rings. The Bertz CT molecular complexity index is 282. The van der Waals surface area contributed by atoms with E-state index >= 15 is 0 Å². The van der Waals surface area contributed by atoms with E-state index in [9.17, 15) is 5.11 Å². The van der Waals surface area contributed by atoms with Crippen LogP contribution < -0.4 is 0 Å². The molecule has 0 radical (unpaired) electrons. The fraction of sp³-hybridized carbons (Fsp3) is 1.00. The third-order valence-electron chi connectivity index (χ3n) is 5.09. The van der Waals surface area contributed by atoms with Crippen molar-refractivity contribution >= 4 is 8.32 Å². The molecule has 0 bridgehead atoms. The smallest absolute Gasteiger partial charge is 0.200 e. The van der Waals surface area contributed by atoms with E-state index in [1.54, 1.807) is 0 Å². The molecule has 120 valence electrons. The van der Waals surface area contributed by atoms with Crippen LogP contribution in [0.1, 0.15) is 55.4 Å². The molecule has 1 fully saturated rings. The van der Waals surface area contributed by atoms with Crippen molar-refractivity contribution in [2.45, 2.75) is 90.3 Å². The van der Waals surface area contributed by atoms with Gasteiger partial charge in [0.05, 0.1) is 24.9 Å². The number of epoxide rings is 1. The first-order valence-corrected chi connectivity index (χ1v) is 10.3. The Hall–Kier alpha value is 0.0969. The molecule has 1 heterocycles. The summed E-state index contributed by atoms with van der Waals surface area (Å²) in [7, 11) is -1.87. The highest BCUT2D eigenvalue weighted by Gasteiger charge is 2.47. The number of hydrogen-bond acceptors (Lipinski definition) is 3. The second kappa shape index (κ2) is 6.90. The maximum atomic E-state index is 10.4. The molecule has 0 aromatic rings. The van der Waals surface area contributed by atoms with Crippen molar-refractivity contribution in [1.29, 1.82) is 0 Å². The minimum atomic E-state index is -1.87. The number of rotatable bonds is 8. The molecule has 0 spiro atoms. The predicted octanol–water partition coefficient (Wildman–Crippen LogP) is 3.96. The highest BCUT2D eigenvalue weighted by Crippen LogP contribution is 2.42. The van der Waals surface area contributed by atoms with Crippen molar-refractivity contribution in [1.82, 2.24) is 0 Å². The monoisotopic (exact) mass is 302 g/mol. The summed E-state index contributed by atoms with van der Waals surface area (Å²) in [6.45, 7) is 18.2. The van der Waals surface area contributed by atoms with E-state index in [0.717, 1.165) is 0 Å². The molecule has 0 amide bonds. The molecular formula is C16H34O3Si. The van der Waals surface area contributed by atoms with Gasteiger partial charge in [0.15, 0.2) is 8.32 Å². The lowest BCUT2D eigenvalue weighted by Crippen LogP contribution is -2.49. The van der Waals surface area contributed by atoms with Crippen molar-refractivity contribution in [3.05, 3.63) is 0 Å². The van der Waals surface area contributed by atoms with Crippen LogP contribution in [0, 0.1) is 5.92 Å². The van der Waals surface area contributed by atoms with E-state index in [4.69, 9.17) is 9.16 Å². The average Bonchev–Trinajstić information content (AvgIpc) is 3.04. The van der Waals surface area contributed by atoms with E-state index in [2.05, 4.69) is 55.4 Å². The zero-order valence-corrected chi connectivity index (χ0v) is 15.5. The van der Waals surface area contributed by atoms with Gasteiger partial charge in [-0.25, -0.2) is 0 Å². The molecular weight excluding hydrogens is 268 g/mol. The van der Waals surface area contributed by atoms with Gasteiger partial charge in [-0.05, 0) is 23.5 Å². The minimum Gasteiger partial charge on any atom is -0.413 e. The molecule has 0 aromatic heterocycles. The molecule has 3 nitrogen and oxygen atoms in total. The van der Waals surface area contributed by atoms with Crippen molar-refractivity contribution in [2.24, 2.45) is 5.92 Å². The number of aliphatic hydroxyl groups excluding tert-OH is 1. The number of aliphatic hydroxyl groups is 1. The van der Waals surface area contributed by atoms with Gasteiger partial charge in [0.2, 0.25) is 0 Å². The summed E-state index contributed by atoms with van der Waals surface area (Å²) in [5.74, 6) is 0.156. The average molecular weight is 303 g/mol. The molecule has 0 aliphatic carbocycles. The van der Waals surface area contributed by atoms with E-state index in [1.807, 2.05) is 0 Å². The summed E-state index contributed by atoms with van der Waals surface area (Å²) in [6.07, 6.45) is 0.0804. The van der Waals surface area contributed by atoms with Crippen molar-refractivity contribution in [3.8, 4) is 0 Å². The first-order valence-electron chi connectivity index (χ1n) is 8.12. The molecule has 4 atom stereocenters. The van der Waals surface area contributed by atoms with Crippen LogP contribution in [0.3, 0.4) is 0 Å². The lowest BCUT2D eigenvalue weighted by atomic mass is 10.00. The Kier molecular flexibility index (Phi) is 6.26. The van der Waals surface area contributed by atoms with E-state index in [0.29, 0.717) is 29.3 Å². The minimum absolute atomic E-state index is 0.156. The summed E-state index contributed by atoms with van der Waals surface area (Å²) >= 11 is 0. The Morgan fingerprint density at radius 2 is 1.40 bits per heavy atom. The molecule has 1 N–H and O–H groups in total. The van der Waals surface area contributed by atoms with Gasteiger partial charge < -0.3 is 14.3 Å². The van der Waals surface area contributed by atoms with Crippen molar-refractivity contribution in [2.75, 3.05) is 6.61 Å². The Balaban J connectivity index is 2.66. The largest absolute Gasteiger partial charge is 0.413 e. The fourth-order valence-corrected chi connectivity index (χ4v) is 9.31. The molecule has 0 unspecified atom stereocenters. The lowest BCUT2D eigenvalue weighted by Gasteiger charge is -2.43. The molecule has 1 rings (SSSR count). The van der Waals surface area contributed by atoms with Gasteiger partial charge in [-0.2, -0.15) is 0 Å². The normalized spacial score (nSPS) is 26.4. The van der Waals surface area contributed by atoms with Gasteiger partial charge in [-0.3, -0.25) is 0 Å². The summed E-state index contributed by atoms with van der Waals surface area (Å²) in [6, 6.07) is 0. The number of hydrogen-bond donors (Lipinski definition) is 1. The third kappa shape index (κ3) is 3.64. The molecule has 0 aromatic carbocycles. The van der Waals surface area contributed by atoms with Crippen LogP contribution in [0.2, 0.25) is 16.6 Å². The molecule has 20 heavy (non-hydrogen) atoms. The van der Waals surface area contributed by atoms with Crippen LogP contribution >= 0.6 is 0 Å². The number of ether oxygens (including phenoxy) is 1. The first kappa shape index (κ1) is 18.1.